The largest absolute Gasteiger partial charge is 0.492 e. The van der Waals surface area contributed by atoms with Crippen molar-refractivity contribution in [2.24, 2.45) is 16.3 Å². The molecule has 5 aliphatic heterocycles. The number of ether oxygens (including phenoxy) is 3. The molecule has 5 aliphatic rings. The number of benzene rings is 3. The van der Waals surface area contributed by atoms with Crippen molar-refractivity contribution in [1.82, 2.24) is 44.0 Å². The molecule has 410 valence electrons. The molecule has 1 N–H and O–H groups in total. The van der Waals surface area contributed by atoms with Crippen molar-refractivity contribution in [3.63, 3.8) is 0 Å². The zero-order valence-corrected chi connectivity index (χ0v) is 45.4. The van der Waals surface area contributed by atoms with Crippen LogP contribution in [0, 0.1) is 15.7 Å². The number of piperidine rings is 1. The number of carbonyl (C=O) groups excluding carboxylic acids is 2. The van der Waals surface area contributed by atoms with E-state index in [-0.39, 0.29) is 34.7 Å². The van der Waals surface area contributed by atoms with E-state index in [1.807, 2.05) is 47.7 Å². The number of amides is 2. The number of hydrogen-bond acceptors (Lipinski definition) is 16. The summed E-state index contributed by atoms with van der Waals surface area (Å²) in [6.07, 6.45) is 8.20. The van der Waals surface area contributed by atoms with Crippen molar-refractivity contribution in [1.29, 1.82) is 0 Å². The molecule has 2 saturated heterocycles. The topological polar surface area (TPSA) is 182 Å². The highest BCUT2D eigenvalue weighted by Crippen LogP contribution is 2.36. The Hall–Kier alpha value is -6.64. The molecule has 5 aromatic rings. The lowest BCUT2D eigenvalue weighted by atomic mass is 9.95. The number of likely N-dealkylation sites (tertiary alicyclic amines) is 1. The third kappa shape index (κ3) is 14.5. The van der Waals surface area contributed by atoms with Gasteiger partial charge in [-0.3, -0.25) is 19.4 Å². The molecule has 0 radical (unpaired) electrons. The van der Waals surface area contributed by atoms with Gasteiger partial charge in [0.25, 0.3) is 5.91 Å². The van der Waals surface area contributed by atoms with Gasteiger partial charge in [-0.2, -0.15) is 0 Å². The summed E-state index contributed by atoms with van der Waals surface area (Å²) in [6, 6.07) is 21.7. The highest BCUT2D eigenvalue weighted by atomic mass is 16.5. The van der Waals surface area contributed by atoms with Crippen LogP contribution in [-0.4, -0.2) is 168 Å². The lowest BCUT2D eigenvalue weighted by molar-refractivity contribution is -0.134. The van der Waals surface area contributed by atoms with Gasteiger partial charge in [-0.1, -0.05) is 39.0 Å². The van der Waals surface area contributed by atoms with Crippen molar-refractivity contribution in [2.75, 3.05) is 117 Å². The van der Waals surface area contributed by atoms with Gasteiger partial charge in [-0.15, -0.1) is 14.9 Å². The Balaban J connectivity index is 0.635. The molecule has 3 aromatic carbocycles. The Labute approximate surface area is 452 Å². The molecule has 0 saturated carbocycles. The molecule has 19 heteroatoms. The summed E-state index contributed by atoms with van der Waals surface area (Å²) in [6.45, 7) is 20.2. The van der Waals surface area contributed by atoms with Gasteiger partial charge in [0, 0.05) is 116 Å². The highest BCUT2D eigenvalue weighted by molar-refractivity contribution is 6.00. The molecule has 2 amide bonds. The lowest BCUT2D eigenvalue weighted by Crippen LogP contribution is -2.48. The minimum atomic E-state index is -0.277. The summed E-state index contributed by atoms with van der Waals surface area (Å²) in [5, 5.41) is 14.4. The first-order chi connectivity index (χ1) is 37.5. The minimum absolute atomic E-state index is 0.0478. The molecule has 4 bridgehead atoms. The molecule has 2 aromatic heterocycles. The Morgan fingerprint density at radius 3 is 2.29 bits per heavy atom. The van der Waals surface area contributed by atoms with Crippen LogP contribution in [0.4, 0.5) is 17.3 Å². The zero-order valence-electron chi connectivity index (χ0n) is 45.4. The van der Waals surface area contributed by atoms with Gasteiger partial charge in [0.1, 0.15) is 23.7 Å². The van der Waals surface area contributed by atoms with E-state index < -0.39 is 0 Å². The standard InChI is InChI=1S/C58H76N12O7/c1-5-48-41-64(4)18-6-19-65(27-30-77-50-12-9-45(10-13-50)55-14-11-49-36-59-58(60-48)61-70(49)55)26-29-76-32-31-75-28-17-56(71)68-20-15-43(16-21-68)37-66-22-24-67(25-23-66)38-44-7-8-46-39-69(40-47(46)33-44)57(72)52-34-51(42(2)3)53(62-73)35-54(52)63-74/h7-14,33-36,41-43H,5-6,15-32,37-40H2,1-4H3,(H,60,61)/b48-41+. The van der Waals surface area contributed by atoms with Crippen molar-refractivity contribution in [3.05, 3.63) is 122 Å². The fourth-order valence-corrected chi connectivity index (χ4v) is 11.0. The smallest absolute Gasteiger partial charge is 0.256 e. The van der Waals surface area contributed by atoms with Crippen LogP contribution in [0.5, 0.6) is 5.75 Å². The fourth-order valence-electron chi connectivity index (χ4n) is 11.0. The van der Waals surface area contributed by atoms with Crippen molar-refractivity contribution in [2.45, 2.75) is 78.4 Å². The van der Waals surface area contributed by atoms with E-state index in [4.69, 9.17) is 19.3 Å². The third-order valence-corrected chi connectivity index (χ3v) is 15.5. The molecule has 0 unspecified atom stereocenters. The Kier molecular flexibility index (Phi) is 19.1. The van der Waals surface area contributed by atoms with E-state index in [2.05, 4.69) is 96.8 Å². The molecule has 77 heavy (non-hydrogen) atoms. The van der Waals surface area contributed by atoms with Gasteiger partial charge in [0.2, 0.25) is 11.9 Å². The fraction of sp³-hybridized carbons (Fsp3) is 0.517. The summed E-state index contributed by atoms with van der Waals surface area (Å²) in [7, 11) is 2.10. The molecule has 10 rings (SSSR count). The van der Waals surface area contributed by atoms with Crippen LogP contribution in [0.1, 0.15) is 91.4 Å². The molecule has 0 aliphatic carbocycles. The summed E-state index contributed by atoms with van der Waals surface area (Å²) >= 11 is 0. The predicted molar refractivity (Wildman–Crippen MR) is 298 cm³/mol. The summed E-state index contributed by atoms with van der Waals surface area (Å²) in [4.78, 5) is 68.0. The maximum absolute atomic E-state index is 13.7. The van der Waals surface area contributed by atoms with Crippen molar-refractivity contribution in [3.8, 4) is 17.0 Å². The third-order valence-electron chi connectivity index (χ3n) is 15.5. The van der Waals surface area contributed by atoms with E-state index in [1.165, 1.54) is 11.6 Å². The molecule has 19 nitrogen and oxygen atoms in total. The number of nitrogens with zero attached hydrogens (tertiary/aromatic N) is 11. The Morgan fingerprint density at radius 2 is 1.53 bits per heavy atom. The summed E-state index contributed by atoms with van der Waals surface area (Å²) < 4.78 is 20.0. The average Bonchev–Trinajstić information content (AvgIpc) is 4.09. The quantitative estimate of drug-likeness (QED) is 0.0650. The number of hydrogen-bond donors (Lipinski definition) is 1. The van der Waals surface area contributed by atoms with Crippen LogP contribution in [0.15, 0.2) is 95.2 Å². The first-order valence-electron chi connectivity index (χ1n) is 27.6. The molecule has 0 spiro atoms. The van der Waals surface area contributed by atoms with Crippen molar-refractivity contribution >= 4 is 34.7 Å². The van der Waals surface area contributed by atoms with Gasteiger partial charge in [-0.25, -0.2) is 9.50 Å². The molecular formula is C58H76N12O7. The predicted octanol–water partition coefficient (Wildman–Crippen LogP) is 8.63. The second-order valence-electron chi connectivity index (χ2n) is 21.2. The maximum atomic E-state index is 13.7. The second kappa shape index (κ2) is 26.6. The number of allylic oxidation sites excluding steroid dienone is 1. The minimum Gasteiger partial charge on any atom is -0.492 e. The number of nitroso groups, excluding NO2 is 2. The monoisotopic (exact) mass is 1050 g/mol. The number of aromatic nitrogens is 3. The number of fused-ring (bicyclic) bond motifs is 12. The van der Waals surface area contributed by atoms with Crippen LogP contribution in [0.25, 0.3) is 16.8 Å². The molecular weight excluding hydrogens is 977 g/mol. The number of rotatable bonds is 18. The van der Waals surface area contributed by atoms with E-state index in [9.17, 15) is 19.4 Å². The Morgan fingerprint density at radius 1 is 0.779 bits per heavy atom. The highest BCUT2D eigenvalue weighted by Gasteiger charge is 2.30. The summed E-state index contributed by atoms with van der Waals surface area (Å²) in [5.41, 5.74) is 8.33. The van der Waals surface area contributed by atoms with Gasteiger partial charge in [-0.05, 0) is 119 Å². The first-order valence-corrected chi connectivity index (χ1v) is 27.6. The molecule has 2 fully saturated rings. The van der Waals surface area contributed by atoms with Gasteiger partial charge in [0.15, 0.2) is 0 Å². The van der Waals surface area contributed by atoms with E-state index in [0.29, 0.717) is 70.0 Å². The average molecular weight is 1050 g/mol. The van der Waals surface area contributed by atoms with Crippen LogP contribution in [-0.2, 0) is 33.9 Å². The van der Waals surface area contributed by atoms with Crippen LogP contribution < -0.4 is 10.1 Å². The molecule has 7 heterocycles. The van der Waals surface area contributed by atoms with Gasteiger partial charge < -0.3 is 39.1 Å². The number of piperazine rings is 1. The Bertz CT molecular complexity index is 2840. The number of nitrogens with one attached hydrogen (secondary N) is 1. The normalized spacial score (nSPS) is 18.1. The first kappa shape index (κ1) is 55.1. The SMILES string of the molecule is CC/C1=C\N(C)CCCN(CCOCCOCCC(=O)N2CCC(CN3CCN(Cc4ccc5c(c4)CN(C(=O)c4cc(C(C)C)c(N=O)cc4N=O)C5)CC3)CC2)CCOc2ccc(cc2)-c2ccc3cnc(nn23)N1. The van der Waals surface area contributed by atoms with Gasteiger partial charge in [0.05, 0.1) is 55.8 Å². The lowest BCUT2D eigenvalue weighted by Gasteiger charge is -2.39. The van der Waals surface area contributed by atoms with Crippen LogP contribution in [0.2, 0.25) is 0 Å². The van der Waals surface area contributed by atoms with Crippen LogP contribution in [0.3, 0.4) is 0 Å². The maximum Gasteiger partial charge on any atom is 0.256 e. The second-order valence-corrected chi connectivity index (χ2v) is 21.2. The van der Waals surface area contributed by atoms with E-state index in [1.54, 1.807) is 11.0 Å². The number of anilines is 1. The summed E-state index contributed by atoms with van der Waals surface area (Å²) in [5.74, 6) is 1.81. The zero-order chi connectivity index (χ0) is 53.7. The van der Waals surface area contributed by atoms with Gasteiger partial charge >= 0.3 is 0 Å². The van der Waals surface area contributed by atoms with Crippen molar-refractivity contribution < 1.29 is 23.8 Å². The van der Waals surface area contributed by atoms with Crippen LogP contribution >= 0.6 is 0 Å². The number of carbonyl (C=O) groups is 2. The van der Waals surface area contributed by atoms with E-state index in [0.717, 1.165) is 144 Å². The van der Waals surface area contributed by atoms with E-state index >= 15 is 0 Å². The molecule has 0 atom stereocenters.